The van der Waals surface area contributed by atoms with Crippen molar-refractivity contribution in [2.75, 3.05) is 12.4 Å². The highest BCUT2D eigenvalue weighted by Gasteiger charge is 2.33. The Labute approximate surface area is 135 Å². The Kier molecular flexibility index (Phi) is 4.11. The van der Waals surface area contributed by atoms with Crippen molar-refractivity contribution in [3.05, 3.63) is 54.5 Å². The molecule has 0 saturated carbocycles. The van der Waals surface area contributed by atoms with Crippen molar-refractivity contribution in [1.29, 1.82) is 0 Å². The molecule has 0 bridgehead atoms. The lowest BCUT2D eigenvalue weighted by Crippen LogP contribution is -2.09. The van der Waals surface area contributed by atoms with Gasteiger partial charge in [-0.25, -0.2) is 4.98 Å². The molecule has 1 aromatic carbocycles. The molecule has 0 atom stereocenters. The number of rotatable bonds is 4. The first-order valence-corrected chi connectivity index (χ1v) is 7.00. The minimum atomic E-state index is -4.55. The molecule has 8 heteroatoms. The van der Waals surface area contributed by atoms with Crippen molar-refractivity contribution in [2.45, 2.75) is 6.18 Å². The predicted octanol–water partition coefficient (Wildman–Crippen LogP) is 4.32. The van der Waals surface area contributed by atoms with Gasteiger partial charge in [-0.05, 0) is 23.8 Å². The summed E-state index contributed by atoms with van der Waals surface area (Å²) in [7, 11) is 1.53. The minimum Gasteiger partial charge on any atom is -0.439 e. The Morgan fingerprint density at radius 1 is 1.12 bits per heavy atom. The predicted molar refractivity (Wildman–Crippen MR) is 82.9 cm³/mol. The number of hydrogen-bond donors (Lipinski definition) is 2. The molecule has 24 heavy (non-hydrogen) atoms. The van der Waals surface area contributed by atoms with E-state index in [1.165, 1.54) is 13.1 Å². The van der Waals surface area contributed by atoms with Crippen LogP contribution in [-0.4, -0.2) is 22.2 Å². The van der Waals surface area contributed by atoms with Gasteiger partial charge in [0.1, 0.15) is 5.75 Å². The summed E-state index contributed by atoms with van der Waals surface area (Å²) in [6, 6.07) is 9.26. The van der Waals surface area contributed by atoms with Gasteiger partial charge in [-0.3, -0.25) is 5.10 Å². The highest BCUT2D eigenvalue weighted by Crippen LogP contribution is 2.33. The number of aromatic nitrogens is 3. The normalized spacial score (nSPS) is 11.3. The molecule has 0 amide bonds. The van der Waals surface area contributed by atoms with Crippen molar-refractivity contribution in [1.82, 2.24) is 15.2 Å². The Morgan fingerprint density at radius 2 is 1.96 bits per heavy atom. The van der Waals surface area contributed by atoms with Crippen LogP contribution >= 0.6 is 0 Å². The zero-order valence-corrected chi connectivity index (χ0v) is 12.6. The van der Waals surface area contributed by atoms with Crippen molar-refractivity contribution in [3.63, 3.8) is 0 Å². The van der Waals surface area contributed by atoms with Crippen LogP contribution in [0.4, 0.5) is 18.9 Å². The van der Waals surface area contributed by atoms with Crippen LogP contribution in [0.1, 0.15) is 5.69 Å². The Hall–Kier alpha value is -3.03. The van der Waals surface area contributed by atoms with Gasteiger partial charge in [0.15, 0.2) is 5.69 Å². The molecule has 0 radical (unpaired) electrons. The summed E-state index contributed by atoms with van der Waals surface area (Å²) in [6.07, 6.45) is -1.20. The van der Waals surface area contributed by atoms with E-state index < -0.39 is 11.9 Å². The number of nitrogens with one attached hydrogen (secondary N) is 2. The summed E-state index contributed by atoms with van der Waals surface area (Å²) < 4.78 is 44.3. The van der Waals surface area contributed by atoms with Crippen LogP contribution in [0.2, 0.25) is 0 Å². The van der Waals surface area contributed by atoms with Crippen LogP contribution in [0, 0.1) is 0 Å². The Morgan fingerprint density at radius 3 is 2.62 bits per heavy atom. The van der Waals surface area contributed by atoms with Crippen molar-refractivity contribution >= 4 is 5.69 Å². The average molecular weight is 334 g/mol. The molecule has 0 aliphatic heterocycles. The molecule has 0 saturated heterocycles. The van der Waals surface area contributed by atoms with Crippen LogP contribution in [0.15, 0.2) is 48.8 Å². The second-order valence-corrected chi connectivity index (χ2v) is 4.94. The number of anilines is 1. The minimum absolute atomic E-state index is 0.140. The smallest absolute Gasteiger partial charge is 0.433 e. The maximum absolute atomic E-state index is 12.9. The van der Waals surface area contributed by atoms with Gasteiger partial charge in [0.05, 0.1) is 6.20 Å². The van der Waals surface area contributed by atoms with Gasteiger partial charge >= 0.3 is 6.18 Å². The molecule has 124 valence electrons. The molecular formula is C16H13F3N4O. The molecule has 2 aromatic heterocycles. The van der Waals surface area contributed by atoms with Gasteiger partial charge in [-0.15, -0.1) is 0 Å². The summed E-state index contributed by atoms with van der Waals surface area (Å²) in [5.41, 5.74) is 0.907. The monoisotopic (exact) mass is 334 g/mol. The quantitative estimate of drug-likeness (QED) is 0.746. The number of alkyl halides is 3. The van der Waals surface area contributed by atoms with E-state index in [4.69, 9.17) is 4.74 Å². The number of halogens is 3. The lowest BCUT2D eigenvalue weighted by atomic mass is 10.1. The van der Waals surface area contributed by atoms with Gasteiger partial charge in [-0.1, -0.05) is 12.1 Å². The number of nitrogens with zero attached hydrogens (tertiary/aromatic N) is 2. The second-order valence-electron chi connectivity index (χ2n) is 4.94. The third-order valence-corrected chi connectivity index (χ3v) is 3.27. The van der Waals surface area contributed by atoms with Gasteiger partial charge in [0.2, 0.25) is 5.88 Å². The molecule has 0 spiro atoms. The SMILES string of the molecule is CNc1cc(Oc2cccc(-c3cn[nH]c3)c2)nc(C(F)(F)F)c1. The van der Waals surface area contributed by atoms with Crippen molar-refractivity contribution in [3.8, 4) is 22.8 Å². The third kappa shape index (κ3) is 3.48. The van der Waals surface area contributed by atoms with E-state index in [0.29, 0.717) is 5.75 Å². The number of H-pyrrole nitrogens is 1. The zero-order valence-electron chi connectivity index (χ0n) is 12.6. The number of ether oxygens (including phenoxy) is 1. The largest absolute Gasteiger partial charge is 0.439 e. The maximum Gasteiger partial charge on any atom is 0.433 e. The van der Waals surface area contributed by atoms with Crippen molar-refractivity contribution < 1.29 is 17.9 Å². The van der Waals surface area contributed by atoms with Gasteiger partial charge in [-0.2, -0.15) is 18.3 Å². The number of pyridine rings is 1. The molecule has 0 unspecified atom stereocenters. The fraction of sp³-hybridized carbons (Fsp3) is 0.125. The summed E-state index contributed by atoms with van der Waals surface area (Å²) in [5, 5.41) is 9.23. The highest BCUT2D eigenvalue weighted by molar-refractivity contribution is 5.63. The summed E-state index contributed by atoms with van der Waals surface area (Å²) in [4.78, 5) is 3.53. The highest BCUT2D eigenvalue weighted by atomic mass is 19.4. The first-order chi connectivity index (χ1) is 11.5. The van der Waals surface area contributed by atoms with E-state index in [1.54, 1.807) is 30.6 Å². The van der Waals surface area contributed by atoms with Crippen LogP contribution < -0.4 is 10.1 Å². The third-order valence-electron chi connectivity index (χ3n) is 3.27. The number of aromatic amines is 1. The number of hydrogen-bond acceptors (Lipinski definition) is 4. The zero-order chi connectivity index (χ0) is 17.2. The van der Waals surface area contributed by atoms with Gasteiger partial charge < -0.3 is 10.1 Å². The van der Waals surface area contributed by atoms with E-state index in [2.05, 4.69) is 20.5 Å². The fourth-order valence-corrected chi connectivity index (χ4v) is 2.12. The first kappa shape index (κ1) is 15.9. The second kappa shape index (κ2) is 6.23. The standard InChI is InChI=1S/C16H13F3N4O/c1-20-12-6-14(16(17,18)19)23-15(7-12)24-13-4-2-3-10(5-13)11-8-21-22-9-11/h2-9H,1H3,(H,20,23)(H,21,22). The Balaban J connectivity index is 1.92. The topological polar surface area (TPSA) is 62.8 Å². The molecule has 5 nitrogen and oxygen atoms in total. The number of benzene rings is 1. The van der Waals surface area contributed by atoms with Gasteiger partial charge in [0.25, 0.3) is 0 Å². The van der Waals surface area contributed by atoms with Crippen LogP contribution in [0.5, 0.6) is 11.6 Å². The molecule has 3 rings (SSSR count). The molecule has 2 heterocycles. The van der Waals surface area contributed by atoms with E-state index in [0.717, 1.165) is 17.2 Å². The lowest BCUT2D eigenvalue weighted by molar-refractivity contribution is -0.141. The lowest BCUT2D eigenvalue weighted by Gasteiger charge is -2.12. The van der Waals surface area contributed by atoms with Crippen molar-refractivity contribution in [2.24, 2.45) is 0 Å². The van der Waals surface area contributed by atoms with Gasteiger partial charge in [0, 0.05) is 30.6 Å². The van der Waals surface area contributed by atoms with Crippen LogP contribution in [-0.2, 0) is 6.18 Å². The maximum atomic E-state index is 12.9. The average Bonchev–Trinajstić information content (AvgIpc) is 3.08. The van der Waals surface area contributed by atoms with E-state index in [9.17, 15) is 13.2 Å². The Bertz CT molecular complexity index is 832. The van der Waals surface area contributed by atoms with E-state index in [-0.39, 0.29) is 11.6 Å². The molecular weight excluding hydrogens is 321 g/mol. The summed E-state index contributed by atoms with van der Waals surface area (Å²) in [5.74, 6) is 0.237. The first-order valence-electron chi connectivity index (χ1n) is 7.00. The molecule has 0 aliphatic carbocycles. The molecule has 0 fully saturated rings. The summed E-state index contributed by atoms with van der Waals surface area (Å²) in [6.45, 7) is 0. The fourth-order valence-electron chi connectivity index (χ4n) is 2.12. The van der Waals surface area contributed by atoms with E-state index >= 15 is 0 Å². The molecule has 3 aromatic rings. The van der Waals surface area contributed by atoms with E-state index in [1.807, 2.05) is 6.07 Å². The molecule has 2 N–H and O–H groups in total. The van der Waals surface area contributed by atoms with Crippen LogP contribution in [0.25, 0.3) is 11.1 Å². The van der Waals surface area contributed by atoms with Crippen LogP contribution in [0.3, 0.4) is 0 Å². The molecule has 0 aliphatic rings. The summed E-state index contributed by atoms with van der Waals surface area (Å²) >= 11 is 0.